The fourth-order valence-corrected chi connectivity index (χ4v) is 3.93. The van der Waals surface area contributed by atoms with Crippen molar-refractivity contribution >= 4 is 28.9 Å². The van der Waals surface area contributed by atoms with Gasteiger partial charge in [-0.3, -0.25) is 0 Å². The summed E-state index contributed by atoms with van der Waals surface area (Å²) in [6, 6.07) is 10.00. The van der Waals surface area contributed by atoms with Crippen molar-refractivity contribution in [2.75, 3.05) is 25.0 Å². The summed E-state index contributed by atoms with van der Waals surface area (Å²) >= 11 is 5.72. The van der Waals surface area contributed by atoms with Gasteiger partial charge in [0.15, 0.2) is 0 Å². The van der Waals surface area contributed by atoms with Crippen LogP contribution in [0.15, 0.2) is 53.3 Å². The van der Waals surface area contributed by atoms with Crippen LogP contribution in [-0.4, -0.2) is 35.6 Å². The Morgan fingerprint density at radius 1 is 1.19 bits per heavy atom. The maximum atomic E-state index is 12.0. The first-order chi connectivity index (χ1) is 12.7. The molecule has 1 N–H and O–H groups in total. The molecule has 0 atom stereocenters. The first-order valence-corrected chi connectivity index (χ1v) is 9.82. The van der Waals surface area contributed by atoms with Crippen molar-refractivity contribution in [2.45, 2.75) is 39.0 Å². The largest absolute Gasteiger partial charge is 0.463 e. The van der Waals surface area contributed by atoms with Gasteiger partial charge in [-0.15, -0.1) is 0 Å². The predicted molar refractivity (Wildman–Crippen MR) is 109 cm³/mol. The SMILES string of the molecule is CCOC(=O)/C=C1\CCC(C(=S)Nc2ccccc2)=C1N1CCCCC1. The standard InChI is InChI=1S/C21H26N2O2S/c1-2-25-19(24)15-16-11-12-18(20(16)23-13-7-4-8-14-23)21(26)22-17-9-5-3-6-10-17/h3,5-6,9-10,15H,2,4,7-8,11-14H2,1H3,(H,22,26)/b16-15+. The Hall–Kier alpha value is -2.14. The summed E-state index contributed by atoms with van der Waals surface area (Å²) in [7, 11) is 0. The molecule has 3 rings (SSSR count). The molecule has 0 unspecified atom stereocenters. The lowest BCUT2D eigenvalue weighted by Gasteiger charge is -2.32. The number of esters is 1. The highest BCUT2D eigenvalue weighted by molar-refractivity contribution is 7.81. The highest BCUT2D eigenvalue weighted by Gasteiger charge is 2.28. The molecule has 1 aromatic carbocycles. The van der Waals surface area contributed by atoms with Crippen LogP contribution in [0.4, 0.5) is 5.69 Å². The van der Waals surface area contributed by atoms with Gasteiger partial charge in [0.2, 0.25) is 0 Å². The van der Waals surface area contributed by atoms with Gasteiger partial charge < -0.3 is 15.0 Å². The number of para-hydroxylation sites is 1. The van der Waals surface area contributed by atoms with Crippen LogP contribution in [0.2, 0.25) is 0 Å². The summed E-state index contributed by atoms with van der Waals surface area (Å²) < 4.78 is 5.13. The van der Waals surface area contributed by atoms with E-state index < -0.39 is 0 Å². The maximum absolute atomic E-state index is 12.0. The summed E-state index contributed by atoms with van der Waals surface area (Å²) in [4.78, 5) is 15.2. The second-order valence-electron chi connectivity index (χ2n) is 6.62. The third-order valence-electron chi connectivity index (χ3n) is 4.79. The third kappa shape index (κ3) is 4.52. The van der Waals surface area contributed by atoms with Gasteiger partial charge in [0, 0.05) is 36.1 Å². The van der Waals surface area contributed by atoms with Crippen LogP contribution in [-0.2, 0) is 9.53 Å². The minimum atomic E-state index is -0.264. The number of rotatable bonds is 5. The van der Waals surface area contributed by atoms with E-state index in [1.54, 1.807) is 6.08 Å². The quantitative estimate of drug-likeness (QED) is 0.471. The lowest BCUT2D eigenvalue weighted by molar-refractivity contribution is -0.137. The molecule has 0 bridgehead atoms. The average Bonchev–Trinajstić information content (AvgIpc) is 3.07. The number of carbonyl (C=O) groups excluding carboxylic acids is 1. The number of ether oxygens (including phenoxy) is 1. The summed E-state index contributed by atoms with van der Waals surface area (Å²) in [6.45, 7) is 4.27. The number of piperidine rings is 1. The Kier molecular flexibility index (Phi) is 6.45. The highest BCUT2D eigenvalue weighted by Crippen LogP contribution is 2.36. The van der Waals surface area contributed by atoms with Gasteiger partial charge in [0.1, 0.15) is 4.99 Å². The maximum Gasteiger partial charge on any atom is 0.331 e. The highest BCUT2D eigenvalue weighted by atomic mass is 32.1. The molecule has 2 aliphatic rings. The van der Waals surface area contributed by atoms with Gasteiger partial charge >= 0.3 is 5.97 Å². The first-order valence-electron chi connectivity index (χ1n) is 9.41. The molecule has 138 valence electrons. The Morgan fingerprint density at radius 2 is 1.92 bits per heavy atom. The number of nitrogens with zero attached hydrogens (tertiary/aromatic N) is 1. The predicted octanol–water partition coefficient (Wildman–Crippen LogP) is 4.45. The summed E-state index contributed by atoms with van der Waals surface area (Å²) in [6.07, 6.45) is 6.98. The van der Waals surface area contributed by atoms with E-state index in [-0.39, 0.29) is 5.97 Å². The van der Waals surface area contributed by atoms with Gasteiger partial charge in [0.05, 0.1) is 6.61 Å². The van der Waals surface area contributed by atoms with Crippen LogP contribution >= 0.6 is 12.2 Å². The summed E-state index contributed by atoms with van der Waals surface area (Å²) in [5.41, 5.74) is 4.33. The molecule has 1 saturated heterocycles. The number of nitrogens with one attached hydrogen (secondary N) is 1. The molecule has 1 fully saturated rings. The monoisotopic (exact) mass is 370 g/mol. The smallest absolute Gasteiger partial charge is 0.331 e. The molecule has 4 nitrogen and oxygen atoms in total. The molecular formula is C21H26N2O2S. The van der Waals surface area contributed by atoms with E-state index in [4.69, 9.17) is 17.0 Å². The van der Waals surface area contributed by atoms with Crippen LogP contribution in [0, 0.1) is 0 Å². The van der Waals surface area contributed by atoms with E-state index in [0.717, 1.165) is 53.5 Å². The van der Waals surface area contributed by atoms with E-state index in [9.17, 15) is 4.79 Å². The normalized spacial score (nSPS) is 19.0. The lowest BCUT2D eigenvalue weighted by Crippen LogP contribution is -2.31. The molecule has 1 aliphatic carbocycles. The zero-order chi connectivity index (χ0) is 18.4. The number of hydrogen-bond acceptors (Lipinski definition) is 4. The number of carbonyl (C=O) groups is 1. The molecular weight excluding hydrogens is 344 g/mol. The molecule has 0 amide bonds. The first kappa shape index (κ1) is 18.6. The van der Waals surface area contributed by atoms with Crippen molar-refractivity contribution in [1.29, 1.82) is 0 Å². The lowest BCUT2D eigenvalue weighted by atomic mass is 10.1. The van der Waals surface area contributed by atoms with Gasteiger partial charge in [-0.25, -0.2) is 4.79 Å². The van der Waals surface area contributed by atoms with Crippen molar-refractivity contribution in [3.8, 4) is 0 Å². The van der Waals surface area contributed by atoms with E-state index in [1.165, 1.54) is 19.3 Å². The Labute approximate surface area is 160 Å². The zero-order valence-corrected chi connectivity index (χ0v) is 16.1. The van der Waals surface area contributed by atoms with Gasteiger partial charge in [-0.05, 0) is 56.7 Å². The van der Waals surface area contributed by atoms with Crippen molar-refractivity contribution < 1.29 is 9.53 Å². The number of likely N-dealkylation sites (tertiary alicyclic amines) is 1. The second-order valence-corrected chi connectivity index (χ2v) is 7.02. The van der Waals surface area contributed by atoms with Gasteiger partial charge in [-0.2, -0.15) is 0 Å². The second kappa shape index (κ2) is 8.99. The summed E-state index contributed by atoms with van der Waals surface area (Å²) in [5.74, 6) is -0.264. The minimum Gasteiger partial charge on any atom is -0.463 e. The van der Waals surface area contributed by atoms with Crippen molar-refractivity contribution in [3.63, 3.8) is 0 Å². The third-order valence-corrected chi connectivity index (χ3v) is 5.14. The topological polar surface area (TPSA) is 41.6 Å². The average molecular weight is 371 g/mol. The minimum absolute atomic E-state index is 0.264. The Morgan fingerprint density at radius 3 is 2.62 bits per heavy atom. The zero-order valence-electron chi connectivity index (χ0n) is 15.3. The van der Waals surface area contributed by atoms with Crippen molar-refractivity contribution in [2.24, 2.45) is 0 Å². The molecule has 5 heteroatoms. The van der Waals surface area contributed by atoms with E-state index in [1.807, 2.05) is 37.3 Å². The number of allylic oxidation sites excluding steroid dienone is 1. The van der Waals surface area contributed by atoms with Crippen LogP contribution in [0.25, 0.3) is 0 Å². The molecule has 0 spiro atoms. The molecule has 0 aromatic heterocycles. The van der Waals surface area contributed by atoms with Crippen LogP contribution in [0.5, 0.6) is 0 Å². The molecule has 26 heavy (non-hydrogen) atoms. The van der Waals surface area contributed by atoms with E-state index in [0.29, 0.717) is 6.61 Å². The Balaban J connectivity index is 1.88. The fraction of sp³-hybridized carbons (Fsp3) is 0.429. The van der Waals surface area contributed by atoms with Crippen LogP contribution in [0.3, 0.4) is 0 Å². The van der Waals surface area contributed by atoms with E-state index >= 15 is 0 Å². The van der Waals surface area contributed by atoms with Gasteiger partial charge in [0.25, 0.3) is 0 Å². The number of benzene rings is 1. The van der Waals surface area contributed by atoms with Gasteiger partial charge in [-0.1, -0.05) is 30.4 Å². The number of thiocarbonyl (C=S) groups is 1. The fourth-order valence-electron chi connectivity index (χ4n) is 3.62. The van der Waals surface area contributed by atoms with E-state index in [2.05, 4.69) is 10.2 Å². The van der Waals surface area contributed by atoms with Crippen molar-refractivity contribution in [3.05, 3.63) is 53.3 Å². The summed E-state index contributed by atoms with van der Waals surface area (Å²) in [5, 5.41) is 3.36. The molecule has 0 saturated carbocycles. The molecule has 1 aliphatic heterocycles. The number of anilines is 1. The van der Waals surface area contributed by atoms with Crippen LogP contribution < -0.4 is 5.32 Å². The number of hydrogen-bond donors (Lipinski definition) is 1. The van der Waals surface area contributed by atoms with Crippen molar-refractivity contribution in [1.82, 2.24) is 4.90 Å². The molecule has 1 aromatic rings. The molecule has 1 heterocycles. The van der Waals surface area contributed by atoms with Crippen LogP contribution in [0.1, 0.15) is 39.0 Å². The molecule has 0 radical (unpaired) electrons. The Bertz CT molecular complexity index is 719.